The van der Waals surface area contributed by atoms with Crippen LogP contribution in [-0.4, -0.2) is 22.1 Å². The van der Waals surface area contributed by atoms with Crippen molar-refractivity contribution in [2.45, 2.75) is 18.9 Å². The summed E-state index contributed by atoms with van der Waals surface area (Å²) >= 11 is 7.00. The molecule has 0 saturated carbocycles. The van der Waals surface area contributed by atoms with E-state index in [0.29, 0.717) is 0 Å². The fourth-order valence-corrected chi connectivity index (χ4v) is 4.11. The Morgan fingerprint density at radius 1 is 1.10 bits per heavy atom. The molecule has 0 unspecified atom stereocenters. The summed E-state index contributed by atoms with van der Waals surface area (Å²) in [4.78, 5) is 12.6. The van der Waals surface area contributed by atoms with E-state index in [2.05, 4.69) is 44.1 Å². The van der Waals surface area contributed by atoms with Gasteiger partial charge >= 0.3 is 0 Å². The molecule has 2 aromatic carbocycles. The molecule has 106 valence electrons. The van der Waals surface area contributed by atoms with Crippen LogP contribution in [0.1, 0.15) is 23.7 Å². The van der Waals surface area contributed by atoms with Crippen LogP contribution < -0.4 is 5.32 Å². The van der Waals surface area contributed by atoms with Crippen molar-refractivity contribution in [2.75, 3.05) is 10.7 Å². The van der Waals surface area contributed by atoms with E-state index >= 15 is 0 Å². The molecular weight excluding hydrogens is 382 g/mol. The van der Waals surface area contributed by atoms with E-state index in [0.717, 1.165) is 33.4 Å². The number of amides is 1. The summed E-state index contributed by atoms with van der Waals surface area (Å²) in [5, 5.41) is 6.67. The Hall–Kier alpha value is -0.870. The van der Waals surface area contributed by atoms with Crippen LogP contribution in [0, 0.1) is 0 Å². The quantitative estimate of drug-likeness (QED) is 0.737. The normalized spacial score (nSPS) is 11.6. The van der Waals surface area contributed by atoms with Gasteiger partial charge in [-0.25, -0.2) is 0 Å². The van der Waals surface area contributed by atoms with Crippen molar-refractivity contribution in [2.24, 2.45) is 0 Å². The molecule has 0 spiro atoms. The Morgan fingerprint density at radius 3 is 2.40 bits per heavy atom. The average Bonchev–Trinajstić information content (AvgIpc) is 2.52. The van der Waals surface area contributed by atoms with Gasteiger partial charge in [0.1, 0.15) is 0 Å². The van der Waals surface area contributed by atoms with Crippen molar-refractivity contribution >= 4 is 48.5 Å². The molecule has 1 N–H and O–H groups in total. The van der Waals surface area contributed by atoms with Gasteiger partial charge in [-0.05, 0) is 23.3 Å². The Morgan fingerprint density at radius 2 is 1.75 bits per heavy atom. The van der Waals surface area contributed by atoms with Gasteiger partial charge < -0.3 is 5.32 Å². The van der Waals surface area contributed by atoms with E-state index in [4.69, 9.17) is 0 Å². The van der Waals surface area contributed by atoms with E-state index in [1.807, 2.05) is 42.5 Å². The molecule has 20 heavy (non-hydrogen) atoms. The van der Waals surface area contributed by atoms with Crippen LogP contribution in [0.3, 0.4) is 0 Å². The fraction of sp³-hybridized carbons (Fsp3) is 0.312. The molecule has 0 aliphatic rings. The van der Waals surface area contributed by atoms with Gasteiger partial charge in [0.05, 0.1) is 5.54 Å². The third kappa shape index (κ3) is 3.07. The Balaban J connectivity index is 2.37. The molecule has 0 saturated heterocycles. The standard InChI is InChI=1S/C16H17Br2NO/c1-2-16(10-17,11-18)19-15(20)14-9-5-7-12-6-3-4-8-13(12)14/h3-9H,2,10-11H2,1H3,(H,19,20). The maximum Gasteiger partial charge on any atom is 0.252 e. The minimum absolute atomic E-state index is 0.0254. The van der Waals surface area contributed by atoms with Crippen molar-refractivity contribution in [1.82, 2.24) is 5.32 Å². The topological polar surface area (TPSA) is 29.1 Å². The number of alkyl halides is 2. The van der Waals surface area contributed by atoms with Gasteiger partial charge in [-0.1, -0.05) is 75.2 Å². The number of hydrogen-bond acceptors (Lipinski definition) is 1. The second-order valence-corrected chi connectivity index (χ2v) is 6.00. The van der Waals surface area contributed by atoms with E-state index in [1.54, 1.807) is 0 Å². The van der Waals surface area contributed by atoms with Crippen molar-refractivity contribution in [3.8, 4) is 0 Å². The molecule has 0 aromatic heterocycles. The van der Waals surface area contributed by atoms with Crippen LogP contribution >= 0.6 is 31.9 Å². The third-order valence-corrected chi connectivity index (χ3v) is 5.75. The number of halogens is 2. The lowest BCUT2D eigenvalue weighted by atomic mass is 9.99. The lowest BCUT2D eigenvalue weighted by Gasteiger charge is -2.30. The van der Waals surface area contributed by atoms with E-state index in [9.17, 15) is 4.79 Å². The van der Waals surface area contributed by atoms with Gasteiger partial charge in [0, 0.05) is 16.2 Å². The maximum atomic E-state index is 12.6. The van der Waals surface area contributed by atoms with Crippen LogP contribution in [-0.2, 0) is 0 Å². The van der Waals surface area contributed by atoms with E-state index in [-0.39, 0.29) is 11.4 Å². The first-order valence-electron chi connectivity index (χ1n) is 6.58. The molecule has 0 fully saturated rings. The highest BCUT2D eigenvalue weighted by atomic mass is 79.9. The largest absolute Gasteiger partial charge is 0.345 e. The third-order valence-electron chi connectivity index (χ3n) is 3.60. The predicted molar refractivity (Wildman–Crippen MR) is 92.0 cm³/mol. The lowest BCUT2D eigenvalue weighted by Crippen LogP contribution is -2.51. The molecule has 2 aromatic rings. The zero-order chi connectivity index (χ0) is 14.6. The van der Waals surface area contributed by atoms with Crippen molar-refractivity contribution in [3.05, 3.63) is 48.0 Å². The highest BCUT2D eigenvalue weighted by Gasteiger charge is 2.28. The first-order valence-corrected chi connectivity index (χ1v) is 8.82. The molecule has 0 aliphatic heterocycles. The van der Waals surface area contributed by atoms with Crippen LogP contribution in [0.4, 0.5) is 0 Å². The Bertz CT molecular complexity index is 595. The highest BCUT2D eigenvalue weighted by molar-refractivity contribution is 9.09. The number of hydrogen-bond donors (Lipinski definition) is 1. The van der Waals surface area contributed by atoms with Crippen molar-refractivity contribution < 1.29 is 4.79 Å². The van der Waals surface area contributed by atoms with E-state index in [1.165, 1.54) is 0 Å². The van der Waals surface area contributed by atoms with Gasteiger partial charge in [0.25, 0.3) is 5.91 Å². The second kappa shape index (κ2) is 6.72. The summed E-state index contributed by atoms with van der Waals surface area (Å²) in [6.45, 7) is 2.08. The summed E-state index contributed by atoms with van der Waals surface area (Å²) in [6, 6.07) is 13.8. The van der Waals surface area contributed by atoms with Gasteiger partial charge in [-0.2, -0.15) is 0 Å². The monoisotopic (exact) mass is 397 g/mol. The Labute approximate surface area is 136 Å². The molecule has 0 bridgehead atoms. The molecule has 4 heteroatoms. The van der Waals surface area contributed by atoms with E-state index < -0.39 is 0 Å². The first kappa shape index (κ1) is 15.5. The zero-order valence-electron chi connectivity index (χ0n) is 11.3. The number of rotatable bonds is 5. The first-order chi connectivity index (χ1) is 9.65. The number of benzene rings is 2. The van der Waals surface area contributed by atoms with Crippen LogP contribution in [0.25, 0.3) is 10.8 Å². The fourth-order valence-electron chi connectivity index (χ4n) is 2.11. The number of nitrogens with one attached hydrogen (secondary N) is 1. The molecule has 2 rings (SSSR count). The highest BCUT2D eigenvalue weighted by Crippen LogP contribution is 2.21. The van der Waals surface area contributed by atoms with Gasteiger partial charge in [0.15, 0.2) is 0 Å². The van der Waals surface area contributed by atoms with Crippen molar-refractivity contribution in [1.29, 1.82) is 0 Å². The zero-order valence-corrected chi connectivity index (χ0v) is 14.5. The minimum Gasteiger partial charge on any atom is -0.345 e. The SMILES string of the molecule is CCC(CBr)(CBr)NC(=O)c1cccc2ccccc12. The summed E-state index contributed by atoms with van der Waals surface area (Å²) in [7, 11) is 0. The minimum atomic E-state index is -0.256. The summed E-state index contributed by atoms with van der Waals surface area (Å²) in [6.07, 6.45) is 0.861. The van der Waals surface area contributed by atoms with Crippen LogP contribution in [0.2, 0.25) is 0 Å². The summed E-state index contributed by atoms with van der Waals surface area (Å²) in [5.74, 6) is -0.0254. The number of fused-ring (bicyclic) bond motifs is 1. The summed E-state index contributed by atoms with van der Waals surface area (Å²) in [5.41, 5.74) is 0.469. The molecular formula is C16H17Br2NO. The number of carbonyl (C=O) groups excluding carboxylic acids is 1. The maximum absolute atomic E-state index is 12.6. The molecule has 0 aliphatic carbocycles. The van der Waals surface area contributed by atoms with Gasteiger partial charge in [-0.3, -0.25) is 4.79 Å². The number of carbonyl (C=O) groups is 1. The van der Waals surface area contributed by atoms with Gasteiger partial charge in [0.2, 0.25) is 0 Å². The summed E-state index contributed by atoms with van der Waals surface area (Å²) < 4.78 is 0. The molecule has 0 radical (unpaired) electrons. The van der Waals surface area contributed by atoms with Crippen molar-refractivity contribution in [3.63, 3.8) is 0 Å². The Kier molecular flexibility index (Phi) is 5.22. The molecule has 1 amide bonds. The van der Waals surface area contributed by atoms with Gasteiger partial charge in [-0.15, -0.1) is 0 Å². The predicted octanol–water partition coefficient (Wildman–Crippen LogP) is 4.51. The average molecular weight is 399 g/mol. The smallest absolute Gasteiger partial charge is 0.252 e. The molecule has 0 heterocycles. The van der Waals surface area contributed by atoms with Crippen LogP contribution in [0.15, 0.2) is 42.5 Å². The lowest BCUT2D eigenvalue weighted by molar-refractivity contribution is 0.0917. The molecule has 0 atom stereocenters. The van der Waals surface area contributed by atoms with Crippen LogP contribution in [0.5, 0.6) is 0 Å². The second-order valence-electron chi connectivity index (χ2n) is 4.88. The molecule has 2 nitrogen and oxygen atoms in total.